The van der Waals surface area contributed by atoms with Crippen LogP contribution in [-0.4, -0.2) is 33.4 Å². The van der Waals surface area contributed by atoms with Gasteiger partial charge in [0.2, 0.25) is 0 Å². The number of fused-ring (bicyclic) bond motifs is 1. The van der Waals surface area contributed by atoms with E-state index in [1.165, 1.54) is 6.07 Å². The highest BCUT2D eigenvalue weighted by atomic mass is 19.1. The monoisotopic (exact) mass is 331 g/mol. The number of carbonyl (C=O) groups is 1. The molecule has 2 N–H and O–H groups in total. The summed E-state index contributed by atoms with van der Waals surface area (Å²) in [6, 6.07) is 6.45. The van der Waals surface area contributed by atoms with Gasteiger partial charge in [0.1, 0.15) is 11.5 Å². The molecule has 1 amide bonds. The number of amides is 1. The molecule has 6 heteroatoms. The average molecular weight is 331 g/mol. The van der Waals surface area contributed by atoms with Crippen LogP contribution in [0.1, 0.15) is 47.9 Å². The predicted molar refractivity (Wildman–Crippen MR) is 88.8 cm³/mol. The number of aromatic nitrogens is 2. The van der Waals surface area contributed by atoms with Crippen molar-refractivity contribution in [1.29, 1.82) is 0 Å². The molecule has 1 unspecified atom stereocenters. The van der Waals surface area contributed by atoms with Crippen molar-refractivity contribution < 1.29 is 14.3 Å². The van der Waals surface area contributed by atoms with Crippen LogP contribution in [0.15, 0.2) is 24.3 Å². The fourth-order valence-electron chi connectivity index (χ4n) is 3.08. The Kier molecular flexibility index (Phi) is 4.94. The molecule has 0 saturated carbocycles. The minimum absolute atomic E-state index is 0.258. The normalized spacial score (nSPS) is 14.5. The van der Waals surface area contributed by atoms with E-state index in [0.29, 0.717) is 30.8 Å². The van der Waals surface area contributed by atoms with Crippen LogP contribution in [0, 0.1) is 5.82 Å². The first-order valence-electron chi connectivity index (χ1n) is 8.43. The van der Waals surface area contributed by atoms with Crippen molar-refractivity contribution in [3.63, 3.8) is 0 Å². The van der Waals surface area contributed by atoms with Gasteiger partial charge in [0.05, 0.1) is 6.10 Å². The molecule has 0 spiro atoms. The smallest absolute Gasteiger partial charge is 0.272 e. The molecule has 0 radical (unpaired) electrons. The van der Waals surface area contributed by atoms with Gasteiger partial charge in [0.15, 0.2) is 5.69 Å². The van der Waals surface area contributed by atoms with Crippen molar-refractivity contribution in [3.05, 3.63) is 47.0 Å². The van der Waals surface area contributed by atoms with Crippen LogP contribution in [0.4, 0.5) is 4.39 Å². The largest absolute Gasteiger partial charge is 0.393 e. The molecule has 0 bridgehead atoms. The molecule has 3 rings (SSSR count). The molecule has 24 heavy (non-hydrogen) atoms. The fourth-order valence-corrected chi connectivity index (χ4v) is 3.08. The summed E-state index contributed by atoms with van der Waals surface area (Å²) in [6.07, 6.45) is 3.28. The molecule has 1 aromatic heterocycles. The van der Waals surface area contributed by atoms with Gasteiger partial charge in [0.25, 0.3) is 5.91 Å². The summed E-state index contributed by atoms with van der Waals surface area (Å²) < 4.78 is 15.7. The SMILES string of the molecule is CCC(O)CCNC(=O)c1nn(-c2ccccc2F)c2c1CCC2. The summed E-state index contributed by atoms with van der Waals surface area (Å²) in [5.74, 6) is -0.612. The number of aliphatic hydroxyl groups is 1. The molecule has 1 aromatic carbocycles. The zero-order chi connectivity index (χ0) is 17.1. The summed E-state index contributed by atoms with van der Waals surface area (Å²) in [5.41, 5.74) is 2.57. The van der Waals surface area contributed by atoms with Gasteiger partial charge in [-0.25, -0.2) is 9.07 Å². The van der Waals surface area contributed by atoms with Crippen molar-refractivity contribution in [3.8, 4) is 5.69 Å². The molecule has 1 heterocycles. The van der Waals surface area contributed by atoms with E-state index in [-0.39, 0.29) is 11.7 Å². The minimum atomic E-state index is -0.410. The number of hydrogen-bond donors (Lipinski definition) is 2. The van der Waals surface area contributed by atoms with Gasteiger partial charge in [0, 0.05) is 17.8 Å². The molecular weight excluding hydrogens is 309 g/mol. The summed E-state index contributed by atoms with van der Waals surface area (Å²) in [6.45, 7) is 2.30. The first-order chi connectivity index (χ1) is 11.6. The Balaban J connectivity index is 1.84. The molecule has 2 aromatic rings. The van der Waals surface area contributed by atoms with Crippen LogP contribution < -0.4 is 5.32 Å². The zero-order valence-corrected chi connectivity index (χ0v) is 13.8. The molecule has 0 fully saturated rings. The molecular formula is C18H22FN3O2. The summed E-state index contributed by atoms with van der Waals surface area (Å²) in [7, 11) is 0. The van der Waals surface area contributed by atoms with E-state index >= 15 is 0 Å². The highest BCUT2D eigenvalue weighted by Gasteiger charge is 2.27. The fraction of sp³-hybridized carbons (Fsp3) is 0.444. The van der Waals surface area contributed by atoms with E-state index in [1.807, 2.05) is 6.92 Å². The lowest BCUT2D eigenvalue weighted by Crippen LogP contribution is -2.28. The summed E-state index contributed by atoms with van der Waals surface area (Å²) in [4.78, 5) is 12.4. The highest BCUT2D eigenvalue weighted by molar-refractivity contribution is 5.94. The highest BCUT2D eigenvalue weighted by Crippen LogP contribution is 2.28. The Morgan fingerprint density at radius 2 is 2.21 bits per heavy atom. The number of rotatable bonds is 6. The van der Waals surface area contributed by atoms with E-state index < -0.39 is 6.10 Å². The number of nitrogens with one attached hydrogen (secondary N) is 1. The van der Waals surface area contributed by atoms with Gasteiger partial charge in [-0.05, 0) is 44.2 Å². The number of nitrogens with zero attached hydrogens (tertiary/aromatic N) is 2. The topological polar surface area (TPSA) is 67.2 Å². The second kappa shape index (κ2) is 7.13. The van der Waals surface area contributed by atoms with E-state index in [9.17, 15) is 14.3 Å². The maximum Gasteiger partial charge on any atom is 0.272 e. The van der Waals surface area contributed by atoms with Crippen LogP contribution in [0.5, 0.6) is 0 Å². The number of halogens is 1. The zero-order valence-electron chi connectivity index (χ0n) is 13.8. The third-order valence-corrected chi connectivity index (χ3v) is 4.46. The third-order valence-electron chi connectivity index (χ3n) is 4.46. The van der Waals surface area contributed by atoms with Gasteiger partial charge in [-0.15, -0.1) is 0 Å². The van der Waals surface area contributed by atoms with Gasteiger partial charge in [-0.3, -0.25) is 4.79 Å². The molecule has 0 saturated heterocycles. The first-order valence-corrected chi connectivity index (χ1v) is 8.43. The lowest BCUT2D eigenvalue weighted by Gasteiger charge is -2.08. The molecule has 1 atom stereocenters. The summed E-state index contributed by atoms with van der Waals surface area (Å²) in [5, 5.41) is 16.8. The second-order valence-electron chi connectivity index (χ2n) is 6.10. The maximum atomic E-state index is 14.1. The quantitative estimate of drug-likeness (QED) is 0.854. The Labute approximate surface area is 140 Å². The third kappa shape index (κ3) is 3.19. The van der Waals surface area contributed by atoms with E-state index in [2.05, 4.69) is 10.4 Å². The Morgan fingerprint density at radius 3 is 2.96 bits per heavy atom. The van der Waals surface area contributed by atoms with Crippen LogP contribution in [0.2, 0.25) is 0 Å². The van der Waals surface area contributed by atoms with Crippen LogP contribution in [0.3, 0.4) is 0 Å². The molecule has 5 nitrogen and oxygen atoms in total. The molecule has 0 aliphatic heterocycles. The molecule has 1 aliphatic rings. The van der Waals surface area contributed by atoms with E-state index in [4.69, 9.17) is 0 Å². The lowest BCUT2D eigenvalue weighted by atomic mass is 10.2. The number of benzene rings is 1. The van der Waals surface area contributed by atoms with Crippen molar-refractivity contribution in [2.75, 3.05) is 6.54 Å². The average Bonchev–Trinajstić information content (AvgIpc) is 3.17. The number of hydrogen-bond acceptors (Lipinski definition) is 3. The van der Waals surface area contributed by atoms with Crippen LogP contribution in [-0.2, 0) is 12.8 Å². The number of carbonyl (C=O) groups excluding carboxylic acids is 1. The van der Waals surface area contributed by atoms with Crippen molar-refractivity contribution >= 4 is 5.91 Å². The number of para-hydroxylation sites is 1. The Bertz CT molecular complexity index is 742. The lowest BCUT2D eigenvalue weighted by molar-refractivity contribution is 0.0935. The van der Waals surface area contributed by atoms with Gasteiger partial charge >= 0.3 is 0 Å². The van der Waals surface area contributed by atoms with Crippen molar-refractivity contribution in [2.45, 2.75) is 45.1 Å². The maximum absolute atomic E-state index is 14.1. The molecule has 128 valence electrons. The van der Waals surface area contributed by atoms with Crippen LogP contribution in [0.25, 0.3) is 5.69 Å². The van der Waals surface area contributed by atoms with Crippen molar-refractivity contribution in [1.82, 2.24) is 15.1 Å². The first kappa shape index (κ1) is 16.6. The minimum Gasteiger partial charge on any atom is -0.393 e. The van der Waals surface area contributed by atoms with Gasteiger partial charge in [-0.2, -0.15) is 5.10 Å². The predicted octanol–water partition coefficient (Wildman–Crippen LogP) is 2.39. The molecule has 1 aliphatic carbocycles. The van der Waals surface area contributed by atoms with Gasteiger partial charge in [-0.1, -0.05) is 19.1 Å². The second-order valence-corrected chi connectivity index (χ2v) is 6.10. The van der Waals surface area contributed by atoms with Crippen molar-refractivity contribution in [2.24, 2.45) is 0 Å². The summed E-state index contributed by atoms with van der Waals surface area (Å²) >= 11 is 0. The Morgan fingerprint density at radius 1 is 1.42 bits per heavy atom. The standard InChI is InChI=1S/C18H22FN3O2/c1-2-12(23)10-11-20-18(24)17-13-6-5-9-15(13)22(21-17)16-8-4-3-7-14(16)19/h3-4,7-8,12,23H,2,5-6,9-11H2,1H3,(H,20,24). The number of aliphatic hydroxyl groups excluding tert-OH is 1. The van der Waals surface area contributed by atoms with Crippen LogP contribution >= 0.6 is 0 Å². The van der Waals surface area contributed by atoms with E-state index in [1.54, 1.807) is 22.9 Å². The Hall–Kier alpha value is -2.21. The van der Waals surface area contributed by atoms with Gasteiger partial charge < -0.3 is 10.4 Å². The van der Waals surface area contributed by atoms with E-state index in [0.717, 1.165) is 30.5 Å².